The van der Waals surface area contributed by atoms with Crippen molar-refractivity contribution >= 4 is 43.9 Å². The molecule has 0 saturated carbocycles. The molecule has 0 radical (unpaired) electrons. The molecule has 532 valence electrons. The first kappa shape index (κ1) is 71.6. The predicted octanol–water partition coefficient (Wildman–Crippen LogP) is 30.4. The van der Waals surface area contributed by atoms with Gasteiger partial charge in [-0.2, -0.15) is 0 Å². The average Bonchev–Trinajstić information content (AvgIpc) is 2.03. The maximum Gasteiger partial charge on any atom is 0.143 e. The molecule has 0 bridgehead atoms. The van der Waals surface area contributed by atoms with Gasteiger partial charge in [0.05, 0.1) is 0 Å². The number of aryl methyl sites for hydroxylation is 6. The smallest absolute Gasteiger partial charge is 0.143 e. The molecule has 0 saturated heterocycles. The van der Waals surface area contributed by atoms with Gasteiger partial charge in [0.15, 0.2) is 0 Å². The minimum atomic E-state index is -0.243. The first-order valence-electron chi connectivity index (χ1n) is 41.2. The zero-order valence-corrected chi connectivity index (χ0v) is 64.9. The molecule has 3 aliphatic rings. The molecule has 2 heteroatoms. The number of para-hydroxylation sites is 2. The van der Waals surface area contributed by atoms with Gasteiger partial charge in [0, 0.05) is 43.4 Å². The maximum absolute atomic E-state index is 7.04. The summed E-state index contributed by atoms with van der Waals surface area (Å²) in [6.07, 6.45) is 38.1. The second-order valence-corrected chi connectivity index (χ2v) is 33.4. The molecule has 14 rings (SSSR count). The summed E-state index contributed by atoms with van der Waals surface area (Å²) in [5.41, 5.74) is 36.7. The Kier molecular flexibility index (Phi) is 21.6. The maximum atomic E-state index is 7.04. The molecule has 0 N–H and O–H groups in total. The van der Waals surface area contributed by atoms with Gasteiger partial charge in [-0.15, -0.1) is 0 Å². The van der Waals surface area contributed by atoms with Crippen molar-refractivity contribution in [2.45, 2.75) is 298 Å². The van der Waals surface area contributed by atoms with Crippen LogP contribution in [-0.4, -0.2) is 0 Å². The first-order chi connectivity index (χ1) is 49.6. The van der Waals surface area contributed by atoms with Crippen LogP contribution < -0.4 is 0 Å². The lowest BCUT2D eigenvalue weighted by Gasteiger charge is -2.35. The summed E-state index contributed by atoms with van der Waals surface area (Å²) in [6.45, 7) is 28.3. The van der Waals surface area contributed by atoms with Crippen LogP contribution in [0.4, 0.5) is 0 Å². The molecule has 0 fully saturated rings. The quantitative estimate of drug-likeness (QED) is 0.0376. The van der Waals surface area contributed by atoms with E-state index in [1.54, 1.807) is 27.8 Å². The van der Waals surface area contributed by atoms with E-state index >= 15 is 0 Å². The molecule has 2 aromatic heterocycles. The van der Waals surface area contributed by atoms with Crippen molar-refractivity contribution in [1.29, 1.82) is 0 Å². The highest BCUT2D eigenvalue weighted by atomic mass is 16.3. The molecule has 1 unspecified atom stereocenters. The van der Waals surface area contributed by atoms with Crippen molar-refractivity contribution in [2.75, 3.05) is 0 Å². The Morgan fingerprint density at radius 2 is 0.735 bits per heavy atom. The summed E-state index contributed by atoms with van der Waals surface area (Å²) in [5.74, 6) is 0.268. The lowest BCUT2D eigenvalue weighted by Crippen LogP contribution is -2.27. The second-order valence-electron chi connectivity index (χ2n) is 33.4. The van der Waals surface area contributed by atoms with Crippen LogP contribution in [-0.2, 0) is 29.1 Å². The van der Waals surface area contributed by atoms with Gasteiger partial charge in [-0.25, -0.2) is 0 Å². The van der Waals surface area contributed by atoms with E-state index in [1.807, 2.05) is 0 Å². The fourth-order valence-corrected chi connectivity index (χ4v) is 20.9. The summed E-state index contributed by atoms with van der Waals surface area (Å²) in [4.78, 5) is 0. The summed E-state index contributed by atoms with van der Waals surface area (Å²) >= 11 is 0. The third-order valence-corrected chi connectivity index (χ3v) is 25.6. The van der Waals surface area contributed by atoms with Crippen molar-refractivity contribution in [2.24, 2.45) is 0 Å². The zero-order chi connectivity index (χ0) is 70.9. The van der Waals surface area contributed by atoms with E-state index in [2.05, 4.69) is 223 Å². The Hall–Kier alpha value is -7.42. The number of benzene rings is 9. The lowest BCUT2D eigenvalue weighted by atomic mass is 9.68. The van der Waals surface area contributed by atoms with Crippen molar-refractivity contribution in [1.82, 2.24) is 0 Å². The minimum absolute atomic E-state index is 0.0687. The SMILES string of the molecule is CCCCCCCCC1(CCCCCCCC)c2cc(CC(Cc3ccc4c(c3)C(C)(C)c3cc(-c5c(C)cc(C)cc5C)c5oc6ccccc6c5c3-4)c3c(C)cc(C)cc3C)ccc2-c2cc3c(cc21)-c1c(ccc2oc4ccccc4c12)C3(CCCCCCCC)CCCCCCCC. The third kappa shape index (κ3) is 13.3. The zero-order valence-electron chi connectivity index (χ0n) is 64.9. The van der Waals surface area contributed by atoms with E-state index in [4.69, 9.17) is 8.83 Å². The van der Waals surface area contributed by atoms with Crippen molar-refractivity contribution in [3.8, 4) is 44.5 Å². The monoisotopic (exact) mass is 1350 g/mol. The van der Waals surface area contributed by atoms with Crippen LogP contribution in [0, 0.1) is 41.5 Å². The molecular formula is C100H120O2. The highest BCUT2D eigenvalue weighted by molar-refractivity contribution is 6.19. The van der Waals surface area contributed by atoms with Crippen molar-refractivity contribution < 1.29 is 8.83 Å². The highest BCUT2D eigenvalue weighted by Gasteiger charge is 2.49. The molecule has 3 aliphatic carbocycles. The van der Waals surface area contributed by atoms with Gasteiger partial charge in [0.1, 0.15) is 22.3 Å². The Labute approximate surface area is 614 Å². The van der Waals surface area contributed by atoms with E-state index in [-0.39, 0.29) is 22.2 Å². The van der Waals surface area contributed by atoms with Crippen molar-refractivity contribution in [3.63, 3.8) is 0 Å². The van der Waals surface area contributed by atoms with Crippen LogP contribution in [0.1, 0.15) is 311 Å². The van der Waals surface area contributed by atoms with E-state index < -0.39 is 0 Å². The molecule has 2 nitrogen and oxygen atoms in total. The number of fused-ring (bicyclic) bond motifs is 17. The van der Waals surface area contributed by atoms with E-state index in [0.29, 0.717) is 0 Å². The molecule has 0 amide bonds. The van der Waals surface area contributed by atoms with Crippen LogP contribution in [0.25, 0.3) is 88.4 Å². The average molecular weight is 1350 g/mol. The lowest BCUT2D eigenvalue weighted by molar-refractivity contribution is 0.394. The van der Waals surface area contributed by atoms with Gasteiger partial charge in [-0.05, 0) is 234 Å². The topological polar surface area (TPSA) is 26.3 Å². The molecule has 1 atom stereocenters. The van der Waals surface area contributed by atoms with Crippen LogP contribution >= 0.6 is 0 Å². The first-order valence-corrected chi connectivity index (χ1v) is 41.2. The number of hydrogen-bond acceptors (Lipinski definition) is 2. The fourth-order valence-electron chi connectivity index (χ4n) is 20.9. The van der Waals surface area contributed by atoms with E-state index in [1.165, 1.54) is 301 Å². The van der Waals surface area contributed by atoms with Crippen LogP contribution in [0.5, 0.6) is 0 Å². The molecular weight excluding hydrogens is 1230 g/mol. The summed E-state index contributed by atoms with van der Waals surface area (Å²) in [6, 6.07) is 56.3. The summed E-state index contributed by atoms with van der Waals surface area (Å²) in [5, 5.41) is 5.07. The number of unbranched alkanes of at least 4 members (excludes halogenated alkanes) is 20. The summed E-state index contributed by atoms with van der Waals surface area (Å²) in [7, 11) is 0. The van der Waals surface area contributed by atoms with E-state index in [0.717, 1.165) is 35.2 Å². The molecule has 2 heterocycles. The Morgan fingerprint density at radius 1 is 0.314 bits per heavy atom. The number of furan rings is 2. The van der Waals surface area contributed by atoms with Gasteiger partial charge in [-0.1, -0.05) is 310 Å². The van der Waals surface area contributed by atoms with Crippen molar-refractivity contribution in [3.05, 3.63) is 223 Å². The van der Waals surface area contributed by atoms with Gasteiger partial charge in [0.25, 0.3) is 0 Å². The van der Waals surface area contributed by atoms with Gasteiger partial charge in [0.2, 0.25) is 0 Å². The summed E-state index contributed by atoms with van der Waals surface area (Å²) < 4.78 is 14.0. The van der Waals surface area contributed by atoms with Gasteiger partial charge < -0.3 is 8.83 Å². The molecule has 0 spiro atoms. The fraction of sp³-hybridized carbons (Fsp3) is 0.460. The predicted molar refractivity (Wildman–Crippen MR) is 440 cm³/mol. The number of hydrogen-bond donors (Lipinski definition) is 0. The second kappa shape index (κ2) is 30.7. The minimum Gasteiger partial charge on any atom is -0.456 e. The normalized spacial score (nSPS) is 14.7. The highest BCUT2D eigenvalue weighted by Crippen LogP contribution is 2.63. The van der Waals surface area contributed by atoms with Gasteiger partial charge in [-0.3, -0.25) is 0 Å². The Morgan fingerprint density at radius 3 is 1.28 bits per heavy atom. The number of rotatable bonds is 34. The van der Waals surface area contributed by atoms with Crippen LogP contribution in [0.2, 0.25) is 0 Å². The van der Waals surface area contributed by atoms with Crippen LogP contribution in [0.15, 0.2) is 148 Å². The molecule has 0 aliphatic heterocycles. The van der Waals surface area contributed by atoms with Crippen LogP contribution in [0.3, 0.4) is 0 Å². The Balaban J connectivity index is 0.913. The standard InChI is InChI=1S/C100H120O2/c1-13-17-21-25-29-37-51-99(52-38-30-26-22-18-14-2)82-49-50-90-95(77-41-33-35-43-88(77)101-90)94(82)80-64-85-79(63-86(80)99)75-47-45-73(62-84(75)100(85,53-39-31-27-23-19-15-3)54-40-32-28-24-20-16-4)60-74(91-68(7)55-66(5)56-69(91)8)59-72-46-48-76-83(61-72)98(11,12)87-65-81(92-70(9)57-67(6)58-71(92)10)97-96(93(76)87)78-42-34-36-44-89(78)102-97/h33-36,41-50,55-58,61-65,74H,13-32,37-40,51-54,59-60H2,1-12H3. The molecule has 9 aromatic carbocycles. The third-order valence-electron chi connectivity index (χ3n) is 25.6. The molecule has 102 heavy (non-hydrogen) atoms. The van der Waals surface area contributed by atoms with E-state index in [9.17, 15) is 0 Å². The largest absolute Gasteiger partial charge is 0.456 e. The molecule has 11 aromatic rings. The Bertz CT molecular complexity index is 4750. The van der Waals surface area contributed by atoms with Gasteiger partial charge >= 0.3 is 0 Å².